The van der Waals surface area contributed by atoms with Crippen LogP contribution in [0.3, 0.4) is 0 Å². The molecule has 0 atom stereocenters. The van der Waals surface area contributed by atoms with Gasteiger partial charge >= 0.3 is 0 Å². The fraction of sp³-hybridized carbons (Fsp3) is 0.150. The molecule has 0 aliphatic rings. The summed E-state index contributed by atoms with van der Waals surface area (Å²) in [6.45, 7) is 6.39. The van der Waals surface area contributed by atoms with Gasteiger partial charge in [-0.15, -0.1) is 16.8 Å². The zero-order valence-electron chi connectivity index (χ0n) is 14.6. The first-order chi connectivity index (χ1) is 12.7. The average Bonchev–Trinajstić information content (AvgIpc) is 3.01. The number of rotatable bonds is 7. The van der Waals surface area contributed by atoms with Gasteiger partial charge in [0.15, 0.2) is 5.16 Å². The molecule has 2 aromatic carbocycles. The van der Waals surface area contributed by atoms with E-state index in [2.05, 4.69) is 22.1 Å². The SMILES string of the molecule is C=CCn1c(C)nnc1SCc1ccc(C(=O)Nc2ccccc2)cc1. The van der Waals surface area contributed by atoms with Crippen molar-refractivity contribution in [1.29, 1.82) is 0 Å². The fourth-order valence-electron chi connectivity index (χ4n) is 2.43. The smallest absolute Gasteiger partial charge is 0.255 e. The van der Waals surface area contributed by atoms with Crippen LogP contribution < -0.4 is 5.32 Å². The van der Waals surface area contributed by atoms with Crippen LogP contribution in [0.4, 0.5) is 5.69 Å². The number of anilines is 1. The lowest BCUT2D eigenvalue weighted by Crippen LogP contribution is -2.11. The Bertz CT molecular complexity index is 888. The first-order valence-corrected chi connectivity index (χ1v) is 9.25. The molecule has 0 saturated carbocycles. The Morgan fingerprint density at radius 1 is 1.15 bits per heavy atom. The van der Waals surface area contributed by atoms with Gasteiger partial charge in [-0.2, -0.15) is 0 Å². The minimum Gasteiger partial charge on any atom is -0.322 e. The summed E-state index contributed by atoms with van der Waals surface area (Å²) in [7, 11) is 0. The summed E-state index contributed by atoms with van der Waals surface area (Å²) in [6, 6.07) is 17.0. The lowest BCUT2D eigenvalue weighted by atomic mass is 10.1. The Balaban J connectivity index is 1.61. The van der Waals surface area contributed by atoms with E-state index in [9.17, 15) is 4.79 Å². The number of nitrogens with one attached hydrogen (secondary N) is 1. The minimum absolute atomic E-state index is 0.114. The van der Waals surface area contributed by atoms with Crippen LogP contribution in [0.15, 0.2) is 72.4 Å². The van der Waals surface area contributed by atoms with Gasteiger partial charge in [-0.3, -0.25) is 4.79 Å². The number of carbonyl (C=O) groups excluding carboxylic acids is 1. The lowest BCUT2D eigenvalue weighted by Gasteiger charge is -2.07. The van der Waals surface area contributed by atoms with E-state index in [0.29, 0.717) is 12.1 Å². The monoisotopic (exact) mass is 364 g/mol. The second kappa shape index (κ2) is 8.49. The zero-order chi connectivity index (χ0) is 18.4. The molecule has 3 aromatic rings. The van der Waals surface area contributed by atoms with Gasteiger partial charge in [0.25, 0.3) is 5.91 Å². The minimum atomic E-state index is -0.114. The number of benzene rings is 2. The normalized spacial score (nSPS) is 10.5. The highest BCUT2D eigenvalue weighted by Gasteiger charge is 2.09. The van der Waals surface area contributed by atoms with Crippen molar-refractivity contribution in [2.75, 3.05) is 5.32 Å². The molecule has 0 aliphatic carbocycles. The van der Waals surface area contributed by atoms with Crippen LogP contribution in [0.25, 0.3) is 0 Å². The number of carbonyl (C=O) groups is 1. The van der Waals surface area contributed by atoms with Crippen molar-refractivity contribution < 1.29 is 4.79 Å². The number of aryl methyl sites for hydroxylation is 1. The first kappa shape index (κ1) is 17.9. The van der Waals surface area contributed by atoms with E-state index in [4.69, 9.17) is 0 Å². The predicted octanol–water partition coefficient (Wildman–Crippen LogP) is 4.32. The second-order valence-corrected chi connectivity index (χ2v) is 6.68. The molecule has 0 radical (unpaired) electrons. The van der Waals surface area contributed by atoms with Gasteiger partial charge in [0.05, 0.1) is 0 Å². The molecule has 0 spiro atoms. The predicted molar refractivity (Wildman–Crippen MR) is 105 cm³/mol. The van der Waals surface area contributed by atoms with Crippen molar-refractivity contribution in [1.82, 2.24) is 14.8 Å². The van der Waals surface area contributed by atoms with Gasteiger partial charge in [-0.05, 0) is 36.8 Å². The Morgan fingerprint density at radius 2 is 1.88 bits per heavy atom. The third-order valence-electron chi connectivity index (χ3n) is 3.83. The molecule has 5 nitrogen and oxygen atoms in total. The summed E-state index contributed by atoms with van der Waals surface area (Å²) in [6.07, 6.45) is 1.83. The molecule has 3 rings (SSSR count). The van der Waals surface area contributed by atoms with E-state index in [1.54, 1.807) is 11.8 Å². The summed E-state index contributed by atoms with van der Waals surface area (Å²) in [5.74, 6) is 1.52. The van der Waals surface area contributed by atoms with E-state index >= 15 is 0 Å². The van der Waals surface area contributed by atoms with Crippen molar-refractivity contribution >= 4 is 23.4 Å². The van der Waals surface area contributed by atoms with Gasteiger partial charge in [-0.1, -0.05) is 48.2 Å². The number of allylic oxidation sites excluding steroid dienone is 1. The molecule has 132 valence electrons. The highest BCUT2D eigenvalue weighted by Crippen LogP contribution is 2.22. The van der Waals surface area contributed by atoms with E-state index in [1.807, 2.05) is 72.2 Å². The molecular formula is C20H20N4OS. The Labute approximate surface area is 157 Å². The molecule has 1 N–H and O–H groups in total. The van der Waals surface area contributed by atoms with Crippen LogP contribution >= 0.6 is 11.8 Å². The molecule has 1 heterocycles. The number of para-hydroxylation sites is 1. The van der Waals surface area contributed by atoms with Gasteiger partial charge in [0, 0.05) is 23.5 Å². The van der Waals surface area contributed by atoms with Crippen molar-refractivity contribution in [3.63, 3.8) is 0 Å². The molecule has 0 bridgehead atoms. The summed E-state index contributed by atoms with van der Waals surface area (Å²) in [5, 5.41) is 12.1. The van der Waals surface area contributed by atoms with Crippen LogP contribution in [0, 0.1) is 6.92 Å². The molecule has 0 saturated heterocycles. The molecule has 6 heteroatoms. The molecule has 1 amide bonds. The van der Waals surface area contributed by atoms with E-state index < -0.39 is 0 Å². The molecular weight excluding hydrogens is 344 g/mol. The summed E-state index contributed by atoms with van der Waals surface area (Å²) < 4.78 is 2.03. The van der Waals surface area contributed by atoms with Crippen molar-refractivity contribution in [2.45, 2.75) is 24.4 Å². The number of amides is 1. The van der Waals surface area contributed by atoms with Crippen LogP contribution in [-0.4, -0.2) is 20.7 Å². The quantitative estimate of drug-likeness (QED) is 0.501. The molecule has 0 aliphatic heterocycles. The molecule has 0 unspecified atom stereocenters. The highest BCUT2D eigenvalue weighted by atomic mass is 32.2. The van der Waals surface area contributed by atoms with Crippen molar-refractivity contribution in [3.8, 4) is 0 Å². The van der Waals surface area contributed by atoms with Crippen LogP contribution in [0.5, 0.6) is 0 Å². The summed E-state index contributed by atoms with van der Waals surface area (Å²) in [4.78, 5) is 12.3. The Kier molecular flexibility index (Phi) is 5.86. The largest absolute Gasteiger partial charge is 0.322 e. The van der Waals surface area contributed by atoms with Gasteiger partial charge < -0.3 is 9.88 Å². The molecule has 0 fully saturated rings. The number of hydrogen-bond acceptors (Lipinski definition) is 4. The summed E-state index contributed by atoms with van der Waals surface area (Å²) >= 11 is 1.62. The number of hydrogen-bond donors (Lipinski definition) is 1. The van der Waals surface area contributed by atoms with Crippen LogP contribution in [0.2, 0.25) is 0 Å². The first-order valence-electron chi connectivity index (χ1n) is 8.26. The Morgan fingerprint density at radius 3 is 2.58 bits per heavy atom. The fourth-order valence-corrected chi connectivity index (χ4v) is 3.38. The van der Waals surface area contributed by atoms with E-state index in [-0.39, 0.29) is 5.91 Å². The summed E-state index contributed by atoms with van der Waals surface area (Å²) in [5.41, 5.74) is 2.54. The maximum atomic E-state index is 12.3. The van der Waals surface area contributed by atoms with Gasteiger partial charge in [-0.25, -0.2) is 0 Å². The van der Waals surface area contributed by atoms with Crippen LogP contribution in [0.1, 0.15) is 21.7 Å². The van der Waals surface area contributed by atoms with Crippen molar-refractivity contribution in [2.24, 2.45) is 0 Å². The van der Waals surface area contributed by atoms with Gasteiger partial charge in [0.1, 0.15) is 5.82 Å². The van der Waals surface area contributed by atoms with Gasteiger partial charge in [0.2, 0.25) is 0 Å². The number of thioether (sulfide) groups is 1. The maximum Gasteiger partial charge on any atom is 0.255 e. The van der Waals surface area contributed by atoms with E-state index in [1.165, 1.54) is 0 Å². The molecule has 1 aromatic heterocycles. The number of aromatic nitrogens is 3. The van der Waals surface area contributed by atoms with Crippen molar-refractivity contribution in [3.05, 3.63) is 84.2 Å². The zero-order valence-corrected chi connectivity index (χ0v) is 15.4. The third-order valence-corrected chi connectivity index (χ3v) is 4.87. The molecule has 26 heavy (non-hydrogen) atoms. The average molecular weight is 364 g/mol. The maximum absolute atomic E-state index is 12.3. The standard InChI is InChI=1S/C20H20N4OS/c1-3-13-24-15(2)22-23-20(24)26-14-16-9-11-17(12-10-16)19(25)21-18-7-5-4-6-8-18/h3-12H,1,13-14H2,2H3,(H,21,25). The third kappa shape index (κ3) is 4.40. The van der Waals surface area contributed by atoms with E-state index in [0.717, 1.165) is 28.0 Å². The number of nitrogens with zero attached hydrogens (tertiary/aromatic N) is 3. The second-order valence-electron chi connectivity index (χ2n) is 5.73. The Hall–Kier alpha value is -2.86. The highest BCUT2D eigenvalue weighted by molar-refractivity contribution is 7.98. The van der Waals surface area contributed by atoms with Crippen LogP contribution in [-0.2, 0) is 12.3 Å². The topological polar surface area (TPSA) is 59.8 Å². The lowest BCUT2D eigenvalue weighted by molar-refractivity contribution is 0.102.